The molecule has 0 bridgehead atoms. The molecule has 0 N–H and O–H groups in total. The summed E-state index contributed by atoms with van der Waals surface area (Å²) in [6.07, 6.45) is 2.27. The largest absolute Gasteiger partial charge is 0.489 e. The third kappa shape index (κ3) is 5.93. The van der Waals surface area contributed by atoms with Crippen molar-refractivity contribution in [2.75, 3.05) is 44.2 Å². The van der Waals surface area contributed by atoms with E-state index in [1.54, 1.807) is 12.1 Å². The Morgan fingerprint density at radius 1 is 1.00 bits per heavy atom. The van der Waals surface area contributed by atoms with Crippen LogP contribution in [0.25, 0.3) is 0 Å². The van der Waals surface area contributed by atoms with E-state index in [0.29, 0.717) is 12.3 Å². The molecule has 180 valence electrons. The summed E-state index contributed by atoms with van der Waals surface area (Å²) >= 11 is 0. The Kier molecular flexibility index (Phi) is 9.77. The van der Waals surface area contributed by atoms with Gasteiger partial charge in [-0.25, -0.2) is 4.39 Å². The molecule has 2 atom stereocenters. The Morgan fingerprint density at radius 2 is 1.59 bits per heavy atom. The Balaban J connectivity index is 0.00000363. The summed E-state index contributed by atoms with van der Waals surface area (Å²) in [5, 5.41) is 0. The molecule has 0 saturated carbocycles. The normalized spacial score (nSPS) is 21.9. The molecule has 2 unspecified atom stereocenters. The third-order valence-corrected chi connectivity index (χ3v) is 6.38. The summed E-state index contributed by atoms with van der Waals surface area (Å²) in [6, 6.07) is 4.69. The molecule has 2 aliphatic heterocycles. The van der Waals surface area contributed by atoms with Crippen molar-refractivity contribution in [3.63, 3.8) is 0 Å². The molecule has 2 heterocycles. The van der Waals surface area contributed by atoms with Gasteiger partial charge in [-0.2, -0.15) is 0 Å². The number of imide groups is 1. The number of carbonyl (C=O) groups is 2. The molecule has 8 heteroatoms. The quantitative estimate of drug-likeness (QED) is 0.512. The van der Waals surface area contributed by atoms with Gasteiger partial charge in [0.25, 0.3) is 0 Å². The van der Waals surface area contributed by atoms with Crippen molar-refractivity contribution < 1.29 is 18.7 Å². The Hall–Kier alpha value is -1.86. The van der Waals surface area contributed by atoms with E-state index in [-0.39, 0.29) is 48.0 Å². The first-order valence-electron chi connectivity index (χ1n) is 11.6. The monoisotopic (exact) mass is 469 g/mol. The van der Waals surface area contributed by atoms with Gasteiger partial charge in [0.05, 0.1) is 11.8 Å². The molecule has 0 aromatic heterocycles. The van der Waals surface area contributed by atoms with E-state index in [2.05, 4.69) is 9.80 Å². The SMILES string of the molecule is CCC1C(=O)N(CCCN2CCN(c3cc(F)ccc3OC(C)C)CC2)C(=O)C1CC.Cl. The van der Waals surface area contributed by atoms with E-state index in [4.69, 9.17) is 4.74 Å². The summed E-state index contributed by atoms with van der Waals surface area (Å²) in [4.78, 5) is 31.2. The number of anilines is 1. The number of hydrogen-bond acceptors (Lipinski definition) is 5. The van der Waals surface area contributed by atoms with Gasteiger partial charge in [-0.05, 0) is 51.8 Å². The Morgan fingerprint density at radius 3 is 2.12 bits per heavy atom. The Labute approximate surface area is 197 Å². The fourth-order valence-electron chi connectivity index (χ4n) is 4.75. The van der Waals surface area contributed by atoms with Gasteiger partial charge in [0.2, 0.25) is 11.8 Å². The summed E-state index contributed by atoms with van der Waals surface area (Å²) in [5.41, 5.74) is 0.804. The number of hydrogen-bond donors (Lipinski definition) is 0. The smallest absolute Gasteiger partial charge is 0.233 e. The van der Waals surface area contributed by atoms with Crippen LogP contribution in [0.2, 0.25) is 0 Å². The summed E-state index contributed by atoms with van der Waals surface area (Å²) in [7, 11) is 0. The van der Waals surface area contributed by atoms with Crippen molar-refractivity contribution in [1.82, 2.24) is 9.80 Å². The number of likely N-dealkylation sites (tertiary alicyclic amines) is 1. The standard InChI is InChI=1S/C24H36FN3O3.ClH/c1-5-19-20(6-2)24(30)28(23(19)29)11-7-10-26-12-14-27(15-13-26)21-16-18(25)8-9-22(21)31-17(3)4;/h8-9,16-17,19-20H,5-7,10-15H2,1-4H3;1H. The summed E-state index contributed by atoms with van der Waals surface area (Å²) in [5.74, 6) is 0.182. The van der Waals surface area contributed by atoms with Crippen LogP contribution in [-0.2, 0) is 9.59 Å². The average Bonchev–Trinajstić information content (AvgIpc) is 2.98. The second-order valence-corrected chi connectivity index (χ2v) is 8.82. The van der Waals surface area contributed by atoms with Crippen LogP contribution in [0, 0.1) is 17.7 Å². The van der Waals surface area contributed by atoms with Gasteiger partial charge < -0.3 is 9.64 Å². The molecule has 1 aromatic rings. The molecule has 6 nitrogen and oxygen atoms in total. The Bertz CT molecular complexity index is 762. The van der Waals surface area contributed by atoms with Crippen LogP contribution in [0.4, 0.5) is 10.1 Å². The van der Waals surface area contributed by atoms with Gasteiger partial charge in [0, 0.05) is 50.6 Å². The fourth-order valence-corrected chi connectivity index (χ4v) is 4.75. The number of carbonyl (C=O) groups excluding carboxylic acids is 2. The van der Waals surface area contributed by atoms with Crippen LogP contribution in [0.15, 0.2) is 18.2 Å². The van der Waals surface area contributed by atoms with Gasteiger partial charge in [0.15, 0.2) is 0 Å². The highest BCUT2D eigenvalue weighted by Crippen LogP contribution is 2.32. The number of ether oxygens (including phenoxy) is 1. The van der Waals surface area contributed by atoms with Crippen LogP contribution in [-0.4, -0.2) is 67.0 Å². The highest BCUT2D eigenvalue weighted by Gasteiger charge is 2.44. The first-order chi connectivity index (χ1) is 14.8. The van der Waals surface area contributed by atoms with Crippen molar-refractivity contribution in [3.05, 3.63) is 24.0 Å². The first kappa shape index (κ1) is 26.4. The van der Waals surface area contributed by atoms with Gasteiger partial charge in [-0.3, -0.25) is 19.4 Å². The fraction of sp³-hybridized carbons (Fsp3) is 0.667. The molecule has 0 radical (unpaired) electrons. The molecule has 2 fully saturated rings. The molecule has 32 heavy (non-hydrogen) atoms. The van der Waals surface area contributed by atoms with Crippen molar-refractivity contribution >= 4 is 29.9 Å². The predicted octanol–water partition coefficient (Wildman–Crippen LogP) is 3.97. The zero-order valence-electron chi connectivity index (χ0n) is 19.7. The lowest BCUT2D eigenvalue weighted by atomic mass is 9.91. The van der Waals surface area contributed by atoms with Crippen molar-refractivity contribution in [2.45, 2.75) is 53.1 Å². The number of rotatable bonds is 9. The maximum Gasteiger partial charge on any atom is 0.233 e. The number of piperazine rings is 1. The number of benzene rings is 1. The predicted molar refractivity (Wildman–Crippen MR) is 127 cm³/mol. The topological polar surface area (TPSA) is 53.1 Å². The van der Waals surface area contributed by atoms with Crippen LogP contribution >= 0.6 is 12.4 Å². The molecule has 0 aliphatic carbocycles. The summed E-state index contributed by atoms with van der Waals surface area (Å²) < 4.78 is 19.7. The van der Waals surface area contributed by atoms with Crippen LogP contribution < -0.4 is 9.64 Å². The minimum absolute atomic E-state index is 0. The molecule has 2 saturated heterocycles. The summed E-state index contributed by atoms with van der Waals surface area (Å²) in [6.45, 7) is 12.5. The second kappa shape index (κ2) is 11.8. The number of nitrogens with zero attached hydrogens (tertiary/aromatic N) is 3. The zero-order valence-corrected chi connectivity index (χ0v) is 20.5. The number of amides is 2. The van der Waals surface area contributed by atoms with Crippen molar-refractivity contribution in [1.29, 1.82) is 0 Å². The van der Waals surface area contributed by atoms with E-state index in [1.807, 2.05) is 27.7 Å². The van der Waals surface area contributed by atoms with E-state index >= 15 is 0 Å². The van der Waals surface area contributed by atoms with Crippen molar-refractivity contribution in [2.24, 2.45) is 11.8 Å². The van der Waals surface area contributed by atoms with Crippen LogP contribution in [0.5, 0.6) is 5.75 Å². The average molecular weight is 470 g/mol. The second-order valence-electron chi connectivity index (χ2n) is 8.82. The lowest BCUT2D eigenvalue weighted by Crippen LogP contribution is -2.47. The van der Waals surface area contributed by atoms with Crippen LogP contribution in [0.3, 0.4) is 0 Å². The molecular weight excluding hydrogens is 433 g/mol. The highest BCUT2D eigenvalue weighted by molar-refractivity contribution is 6.05. The maximum atomic E-state index is 13.8. The molecule has 2 aliphatic rings. The van der Waals surface area contributed by atoms with Gasteiger partial charge >= 0.3 is 0 Å². The van der Waals surface area contributed by atoms with E-state index in [9.17, 15) is 14.0 Å². The van der Waals surface area contributed by atoms with Gasteiger partial charge in [0.1, 0.15) is 11.6 Å². The lowest BCUT2D eigenvalue weighted by molar-refractivity contribution is -0.140. The maximum absolute atomic E-state index is 13.8. The minimum atomic E-state index is -0.260. The molecule has 2 amide bonds. The highest BCUT2D eigenvalue weighted by atomic mass is 35.5. The third-order valence-electron chi connectivity index (χ3n) is 6.38. The minimum Gasteiger partial charge on any atom is -0.489 e. The van der Waals surface area contributed by atoms with E-state index < -0.39 is 0 Å². The van der Waals surface area contributed by atoms with Crippen molar-refractivity contribution in [3.8, 4) is 5.75 Å². The molecule has 3 rings (SSSR count). The van der Waals surface area contributed by atoms with Gasteiger partial charge in [-0.15, -0.1) is 12.4 Å². The van der Waals surface area contributed by atoms with Gasteiger partial charge in [-0.1, -0.05) is 13.8 Å². The number of halogens is 2. The molecular formula is C24H37ClFN3O3. The van der Waals surface area contributed by atoms with E-state index in [0.717, 1.165) is 57.7 Å². The lowest BCUT2D eigenvalue weighted by Gasteiger charge is -2.37. The van der Waals surface area contributed by atoms with E-state index in [1.165, 1.54) is 11.0 Å². The molecule has 1 aromatic carbocycles. The molecule has 0 spiro atoms. The first-order valence-corrected chi connectivity index (χ1v) is 11.6. The van der Waals surface area contributed by atoms with Crippen LogP contribution in [0.1, 0.15) is 47.0 Å². The zero-order chi connectivity index (χ0) is 22.5.